The Morgan fingerprint density at radius 3 is 1.31 bits per heavy atom. The minimum absolute atomic E-state index is 0.00663. The van der Waals surface area contributed by atoms with Crippen molar-refractivity contribution in [2.45, 2.75) is 125 Å². The van der Waals surface area contributed by atoms with Crippen molar-refractivity contribution in [3.8, 4) is 23.0 Å². The third-order valence-electron chi connectivity index (χ3n) is 13.1. The van der Waals surface area contributed by atoms with Gasteiger partial charge in [0.2, 0.25) is 0 Å². The monoisotopic (exact) mass is 902 g/mol. The van der Waals surface area contributed by atoms with E-state index in [-0.39, 0.29) is 35.9 Å². The van der Waals surface area contributed by atoms with Crippen molar-refractivity contribution < 1.29 is 32.8 Å². The zero-order chi connectivity index (χ0) is 45.9. The van der Waals surface area contributed by atoms with Crippen LogP contribution >= 0.6 is 16.9 Å². The number of hydrogen-bond acceptors (Lipinski definition) is 7. The molecule has 2 aromatic carbocycles. The molecule has 0 fully saturated rings. The van der Waals surface area contributed by atoms with Crippen molar-refractivity contribution in [3.63, 3.8) is 0 Å². The maximum atomic E-state index is 13.6. The number of carbonyl (C=O) groups is 2. The van der Waals surface area contributed by atoms with Crippen LogP contribution in [0.4, 0.5) is 0 Å². The lowest BCUT2D eigenvalue weighted by molar-refractivity contribution is 0.0508. The SMILES string of the molecule is CCOC(=O)c1ccc2n1P(Oc1cc(C(C)(C)C)cc3c1Oc1c(OP4n5c(C)ccc5C(C)c5ccc(C(=O)OCC)n54)cc(C(C)(C)C)cc1C3(C)C)n1c(C)ccc1C2C. The average molecular weight is 903 g/mol. The van der Waals surface area contributed by atoms with Gasteiger partial charge < -0.3 is 23.3 Å². The first-order valence-electron chi connectivity index (χ1n) is 22.3. The summed E-state index contributed by atoms with van der Waals surface area (Å²) < 4.78 is 42.1. The van der Waals surface area contributed by atoms with Crippen LogP contribution in [0.25, 0.3) is 0 Å². The lowest BCUT2D eigenvalue weighted by atomic mass is 9.72. The number of rotatable bonds is 8. The molecule has 0 spiro atoms. The fourth-order valence-electron chi connectivity index (χ4n) is 9.28. The first-order valence-corrected chi connectivity index (χ1v) is 24.7. The fourth-order valence-corrected chi connectivity index (χ4v) is 13.7. The Morgan fingerprint density at radius 2 is 0.953 bits per heavy atom. The topological polar surface area (TPSA) is 100 Å². The number of aryl methyl sites for hydroxylation is 2. The number of benzene rings is 2. The van der Waals surface area contributed by atoms with Crippen LogP contribution in [-0.2, 0) is 25.7 Å². The van der Waals surface area contributed by atoms with Gasteiger partial charge in [0.1, 0.15) is 11.4 Å². The molecule has 3 aliphatic heterocycles. The molecule has 13 heteroatoms. The van der Waals surface area contributed by atoms with Gasteiger partial charge in [0.15, 0.2) is 23.0 Å². The number of fused-ring (bicyclic) bond motifs is 6. The van der Waals surface area contributed by atoms with Crippen LogP contribution in [0, 0.1) is 13.8 Å². The van der Waals surface area contributed by atoms with Gasteiger partial charge in [0.05, 0.1) is 13.2 Å². The molecule has 4 aromatic heterocycles. The van der Waals surface area contributed by atoms with E-state index in [0.29, 0.717) is 34.4 Å². The Labute approximate surface area is 379 Å². The molecule has 7 heterocycles. The molecule has 0 bridgehead atoms. The van der Waals surface area contributed by atoms with Gasteiger partial charge in [-0.2, -0.15) is 0 Å². The van der Waals surface area contributed by atoms with E-state index in [0.717, 1.165) is 56.4 Å². The predicted octanol–water partition coefficient (Wildman–Crippen LogP) is 13.2. The summed E-state index contributed by atoms with van der Waals surface area (Å²) >= 11 is 0. The molecule has 11 nitrogen and oxygen atoms in total. The lowest BCUT2D eigenvalue weighted by Crippen LogP contribution is -2.28. The summed E-state index contributed by atoms with van der Waals surface area (Å²) in [6.45, 7) is 30.4. The van der Waals surface area contributed by atoms with Gasteiger partial charge in [-0.3, -0.25) is 17.4 Å². The van der Waals surface area contributed by atoms with E-state index < -0.39 is 34.3 Å². The zero-order valence-corrected chi connectivity index (χ0v) is 41.3. The van der Waals surface area contributed by atoms with Crippen molar-refractivity contribution in [3.05, 3.63) is 141 Å². The quantitative estimate of drug-likeness (QED) is 0.111. The summed E-state index contributed by atoms with van der Waals surface area (Å²) in [6.07, 6.45) is 0. The van der Waals surface area contributed by atoms with Crippen molar-refractivity contribution in [1.29, 1.82) is 0 Å². The van der Waals surface area contributed by atoms with Crippen LogP contribution in [0.1, 0.15) is 172 Å². The number of carbonyl (C=O) groups excluding carboxylic acids is 2. The Kier molecular flexibility index (Phi) is 10.6. The molecular weight excluding hydrogens is 843 g/mol. The van der Waals surface area contributed by atoms with Crippen molar-refractivity contribution >= 4 is 28.8 Å². The first kappa shape index (κ1) is 44.0. The van der Waals surface area contributed by atoms with Gasteiger partial charge in [0, 0.05) is 62.5 Å². The molecular formula is C51H60N4O7P2. The minimum Gasteiger partial charge on any atom is -0.461 e. The van der Waals surface area contributed by atoms with Crippen LogP contribution < -0.4 is 13.8 Å². The van der Waals surface area contributed by atoms with E-state index in [1.165, 1.54) is 0 Å². The summed E-state index contributed by atoms with van der Waals surface area (Å²) in [6, 6.07) is 25.0. The molecule has 0 saturated carbocycles. The highest BCUT2D eigenvalue weighted by molar-refractivity contribution is 7.50. The molecule has 3 aliphatic rings. The largest absolute Gasteiger partial charge is 0.461 e. The number of nitrogens with zero attached hydrogens (tertiary/aromatic N) is 4. The Morgan fingerprint density at radius 1 is 0.594 bits per heavy atom. The normalized spacial score (nSPS) is 19.3. The van der Waals surface area contributed by atoms with Crippen LogP contribution in [-0.4, -0.2) is 42.5 Å². The van der Waals surface area contributed by atoms with Gasteiger partial charge >= 0.3 is 28.8 Å². The zero-order valence-electron chi connectivity index (χ0n) is 39.5. The number of hydrogen-bond donors (Lipinski definition) is 0. The molecule has 0 amide bonds. The van der Waals surface area contributed by atoms with E-state index in [1.54, 1.807) is 0 Å². The maximum absolute atomic E-state index is 13.6. The summed E-state index contributed by atoms with van der Waals surface area (Å²) in [7, 11) is -3.43. The molecule has 64 heavy (non-hydrogen) atoms. The van der Waals surface area contributed by atoms with Crippen LogP contribution in [0.2, 0.25) is 0 Å². The highest BCUT2D eigenvalue weighted by Crippen LogP contribution is 2.62. The summed E-state index contributed by atoms with van der Waals surface area (Å²) in [5, 5.41) is 0. The molecule has 0 radical (unpaired) electrons. The Hall–Kier alpha value is -5.24. The number of esters is 2. The molecule has 0 aliphatic carbocycles. The van der Waals surface area contributed by atoms with Crippen molar-refractivity contribution in [2.75, 3.05) is 13.2 Å². The predicted molar refractivity (Wildman–Crippen MR) is 253 cm³/mol. The smallest absolute Gasteiger partial charge is 0.355 e. The van der Waals surface area contributed by atoms with Gasteiger partial charge in [-0.15, -0.1) is 0 Å². The second-order valence-electron chi connectivity index (χ2n) is 19.8. The average Bonchev–Trinajstić information content (AvgIpc) is 4.04. The summed E-state index contributed by atoms with van der Waals surface area (Å²) in [4.78, 5) is 27.3. The summed E-state index contributed by atoms with van der Waals surface area (Å²) in [5.41, 5.74) is 10.2. The van der Waals surface area contributed by atoms with E-state index in [1.807, 2.05) is 46.8 Å². The highest BCUT2D eigenvalue weighted by atomic mass is 31.2. The molecule has 0 saturated heterocycles. The van der Waals surface area contributed by atoms with Crippen LogP contribution in [0.5, 0.6) is 23.0 Å². The van der Waals surface area contributed by atoms with Crippen molar-refractivity contribution in [1.82, 2.24) is 17.4 Å². The van der Waals surface area contributed by atoms with Crippen molar-refractivity contribution in [2.24, 2.45) is 0 Å². The van der Waals surface area contributed by atoms with Crippen LogP contribution in [0.15, 0.2) is 72.8 Å². The van der Waals surface area contributed by atoms with Gasteiger partial charge in [-0.1, -0.05) is 81.4 Å². The minimum atomic E-state index is -1.72. The first-order chi connectivity index (χ1) is 30.2. The van der Waals surface area contributed by atoms with Crippen LogP contribution in [0.3, 0.4) is 0 Å². The number of aromatic nitrogens is 4. The molecule has 336 valence electrons. The Bertz CT molecular complexity index is 2670. The van der Waals surface area contributed by atoms with Gasteiger partial charge in [-0.05, 0) is 110 Å². The summed E-state index contributed by atoms with van der Waals surface area (Å²) in [5.74, 6) is 1.55. The second-order valence-corrected chi connectivity index (χ2v) is 22.8. The van der Waals surface area contributed by atoms with Gasteiger partial charge in [0.25, 0.3) is 0 Å². The lowest BCUT2D eigenvalue weighted by Gasteiger charge is -2.40. The fraction of sp³-hybridized carbons (Fsp3) is 0.412. The molecule has 0 N–H and O–H groups in total. The Balaban J connectivity index is 1.25. The molecule has 6 aromatic rings. The third-order valence-corrected chi connectivity index (χ3v) is 17.2. The third kappa shape index (κ3) is 6.83. The van der Waals surface area contributed by atoms with E-state index in [9.17, 15) is 9.59 Å². The molecule has 9 rings (SSSR count). The highest BCUT2D eigenvalue weighted by Gasteiger charge is 2.44. The van der Waals surface area contributed by atoms with Gasteiger partial charge in [-0.25, -0.2) is 9.59 Å². The standard InChI is InChI=1S/C51H60N4O7P2/c1-15-58-47(56)41-23-21-39-31(5)37-19-17-29(3)52(37)63(54(39)41)61-43-27-33(49(7,8)9)25-35-45(43)60-46-36(51(35,13)14)26-34(50(10,11)12)28-44(46)62-64-53-30(4)18-20-38(53)32(6)40-22-24-42(55(40)64)48(57)59-16-2/h17-28,31-32H,15-16H2,1-14H3. The van der Waals surface area contributed by atoms with E-state index >= 15 is 0 Å². The molecule has 4 atom stereocenters. The van der Waals surface area contributed by atoms with E-state index in [4.69, 9.17) is 23.3 Å². The molecule has 4 unspecified atom stereocenters. The maximum Gasteiger partial charge on any atom is 0.355 e. The van der Waals surface area contributed by atoms with E-state index in [2.05, 4.69) is 140 Å². The number of ether oxygens (including phenoxy) is 3. The second kappa shape index (κ2) is 15.4.